The van der Waals surface area contributed by atoms with Gasteiger partial charge < -0.3 is 0 Å². The number of aromatic nitrogens is 1. The molecule has 0 spiro atoms. The largest absolute Gasteiger partial charge is 0.329 e. The number of imide groups is 1. The van der Waals surface area contributed by atoms with Crippen LogP contribution in [0.1, 0.15) is 12.0 Å². The molecule has 90 valence electrons. The normalized spacial score (nSPS) is 16.0. The van der Waals surface area contributed by atoms with E-state index in [1.54, 1.807) is 0 Å². The highest BCUT2D eigenvalue weighted by Crippen LogP contribution is 2.21. The number of anilines is 1. The van der Waals surface area contributed by atoms with Crippen molar-refractivity contribution in [2.75, 3.05) is 11.4 Å². The lowest BCUT2D eigenvalue weighted by Crippen LogP contribution is -2.50. The second-order valence-corrected chi connectivity index (χ2v) is 3.77. The van der Waals surface area contributed by atoms with Crippen molar-refractivity contribution in [1.82, 2.24) is 10.3 Å². The molecule has 0 aromatic carbocycles. The van der Waals surface area contributed by atoms with E-state index in [0.29, 0.717) is 5.56 Å². The van der Waals surface area contributed by atoms with E-state index in [-0.39, 0.29) is 30.6 Å². The van der Waals surface area contributed by atoms with E-state index < -0.39 is 12.0 Å². The molecule has 7 heteroatoms. The average molecular weight is 258 g/mol. The molecule has 5 nitrogen and oxygen atoms in total. The van der Waals surface area contributed by atoms with Gasteiger partial charge >= 0.3 is 6.03 Å². The predicted molar refractivity (Wildman–Crippen MR) is 59.3 cm³/mol. The summed E-state index contributed by atoms with van der Waals surface area (Å²) < 4.78 is 13.1. The molecule has 2 rings (SSSR count). The SMILES string of the molecule is O=C1CCN(c2nc(F)ccc2CCl)C(=O)N1. The Morgan fingerprint density at radius 2 is 2.24 bits per heavy atom. The van der Waals surface area contributed by atoms with Crippen molar-refractivity contribution in [2.45, 2.75) is 12.3 Å². The maximum Gasteiger partial charge on any atom is 0.329 e. The monoisotopic (exact) mass is 257 g/mol. The summed E-state index contributed by atoms with van der Waals surface area (Å²) in [6.45, 7) is 0.172. The smallest absolute Gasteiger partial charge is 0.278 e. The molecule has 1 aliphatic heterocycles. The Morgan fingerprint density at radius 3 is 2.88 bits per heavy atom. The Kier molecular flexibility index (Phi) is 3.23. The van der Waals surface area contributed by atoms with Gasteiger partial charge in [0.15, 0.2) is 0 Å². The molecular formula is C10H9ClFN3O2. The fourth-order valence-electron chi connectivity index (χ4n) is 1.56. The van der Waals surface area contributed by atoms with Crippen LogP contribution in [0, 0.1) is 5.95 Å². The lowest BCUT2D eigenvalue weighted by Gasteiger charge is -2.26. The van der Waals surface area contributed by atoms with Gasteiger partial charge in [0.25, 0.3) is 0 Å². The molecule has 1 fully saturated rings. The maximum absolute atomic E-state index is 13.1. The van der Waals surface area contributed by atoms with Crippen molar-refractivity contribution in [1.29, 1.82) is 0 Å². The molecule has 0 saturated carbocycles. The van der Waals surface area contributed by atoms with Crippen LogP contribution in [0.25, 0.3) is 0 Å². The van der Waals surface area contributed by atoms with E-state index in [2.05, 4.69) is 10.3 Å². The van der Waals surface area contributed by atoms with Gasteiger partial charge in [-0.05, 0) is 12.1 Å². The zero-order valence-corrected chi connectivity index (χ0v) is 9.50. The van der Waals surface area contributed by atoms with E-state index in [9.17, 15) is 14.0 Å². The van der Waals surface area contributed by atoms with E-state index in [1.165, 1.54) is 17.0 Å². The van der Waals surface area contributed by atoms with Gasteiger partial charge in [-0.2, -0.15) is 4.39 Å². The topological polar surface area (TPSA) is 62.3 Å². The number of carbonyl (C=O) groups is 2. The Morgan fingerprint density at radius 1 is 1.47 bits per heavy atom. The van der Waals surface area contributed by atoms with Crippen molar-refractivity contribution in [3.63, 3.8) is 0 Å². The molecule has 1 saturated heterocycles. The van der Waals surface area contributed by atoms with Crippen LogP contribution in [-0.2, 0) is 10.7 Å². The van der Waals surface area contributed by atoms with Gasteiger partial charge in [0.2, 0.25) is 11.9 Å². The van der Waals surface area contributed by atoms with Gasteiger partial charge in [0.05, 0.1) is 5.88 Å². The third-order valence-corrected chi connectivity index (χ3v) is 2.66. The number of urea groups is 1. The Bertz CT molecular complexity index is 481. The molecule has 0 aliphatic carbocycles. The summed E-state index contributed by atoms with van der Waals surface area (Å²) in [5.41, 5.74) is 0.539. The Labute approximate surface area is 102 Å². The standard InChI is InChI=1S/C10H9ClFN3O2/c11-5-6-1-2-7(12)13-9(6)15-4-3-8(16)14-10(15)17/h1-2H,3-5H2,(H,14,16,17). The first-order valence-electron chi connectivity index (χ1n) is 4.94. The summed E-state index contributed by atoms with van der Waals surface area (Å²) in [6.07, 6.45) is 0.158. The number of carbonyl (C=O) groups excluding carboxylic acids is 2. The maximum atomic E-state index is 13.1. The predicted octanol–water partition coefficient (Wildman–Crippen LogP) is 1.41. The van der Waals surface area contributed by atoms with Crippen molar-refractivity contribution in [2.24, 2.45) is 0 Å². The first-order chi connectivity index (χ1) is 8.11. The Balaban J connectivity index is 2.35. The van der Waals surface area contributed by atoms with Crippen LogP contribution in [0.5, 0.6) is 0 Å². The minimum Gasteiger partial charge on any atom is -0.278 e. The van der Waals surface area contributed by atoms with Gasteiger partial charge in [-0.1, -0.05) is 0 Å². The van der Waals surface area contributed by atoms with Gasteiger partial charge in [0.1, 0.15) is 5.82 Å². The summed E-state index contributed by atoms with van der Waals surface area (Å²) in [4.78, 5) is 27.4. The minimum atomic E-state index is -0.696. The molecular weight excluding hydrogens is 249 g/mol. The summed E-state index contributed by atoms with van der Waals surface area (Å²) in [5, 5.41) is 2.14. The van der Waals surface area contributed by atoms with Gasteiger partial charge in [-0.3, -0.25) is 15.0 Å². The van der Waals surface area contributed by atoms with Gasteiger partial charge in [-0.15, -0.1) is 11.6 Å². The number of amides is 3. The number of hydrogen-bond donors (Lipinski definition) is 1. The third-order valence-electron chi connectivity index (χ3n) is 2.38. The zero-order chi connectivity index (χ0) is 12.4. The molecule has 1 N–H and O–H groups in total. The van der Waals surface area contributed by atoms with Gasteiger partial charge in [0, 0.05) is 18.5 Å². The first kappa shape index (κ1) is 11.8. The second kappa shape index (κ2) is 4.67. The van der Waals surface area contributed by atoms with Gasteiger partial charge in [-0.25, -0.2) is 9.78 Å². The van der Waals surface area contributed by atoms with Crippen molar-refractivity contribution in [3.05, 3.63) is 23.6 Å². The highest BCUT2D eigenvalue weighted by atomic mass is 35.5. The number of nitrogens with zero attached hydrogens (tertiary/aromatic N) is 2. The molecule has 17 heavy (non-hydrogen) atoms. The van der Waals surface area contributed by atoms with Crippen LogP contribution in [0.4, 0.5) is 15.0 Å². The highest BCUT2D eigenvalue weighted by Gasteiger charge is 2.27. The van der Waals surface area contributed by atoms with E-state index in [1.807, 2.05) is 0 Å². The molecule has 0 unspecified atom stereocenters. The highest BCUT2D eigenvalue weighted by molar-refractivity contribution is 6.17. The lowest BCUT2D eigenvalue weighted by atomic mass is 10.2. The molecule has 3 amide bonds. The zero-order valence-electron chi connectivity index (χ0n) is 8.74. The van der Waals surface area contributed by atoms with Crippen LogP contribution >= 0.6 is 11.6 Å². The quantitative estimate of drug-likeness (QED) is 0.644. The molecule has 2 heterocycles. The van der Waals surface area contributed by atoms with E-state index >= 15 is 0 Å². The second-order valence-electron chi connectivity index (χ2n) is 3.51. The van der Waals surface area contributed by atoms with Crippen LogP contribution in [-0.4, -0.2) is 23.5 Å². The molecule has 0 radical (unpaired) electrons. The van der Waals surface area contributed by atoms with E-state index in [0.717, 1.165) is 0 Å². The lowest BCUT2D eigenvalue weighted by molar-refractivity contribution is -0.120. The van der Waals surface area contributed by atoms with Crippen LogP contribution in [0.3, 0.4) is 0 Å². The number of nitrogens with one attached hydrogen (secondary N) is 1. The van der Waals surface area contributed by atoms with Crippen molar-refractivity contribution in [3.8, 4) is 0 Å². The average Bonchev–Trinajstić information content (AvgIpc) is 2.29. The summed E-state index contributed by atoms with van der Waals surface area (Å²) in [5.74, 6) is -0.779. The van der Waals surface area contributed by atoms with Crippen LogP contribution in [0.2, 0.25) is 0 Å². The summed E-state index contributed by atoms with van der Waals surface area (Å²) in [7, 11) is 0. The fraction of sp³-hybridized carbons (Fsp3) is 0.300. The summed E-state index contributed by atoms with van der Waals surface area (Å²) >= 11 is 5.69. The van der Waals surface area contributed by atoms with Crippen molar-refractivity contribution >= 4 is 29.4 Å². The molecule has 0 atom stereocenters. The minimum absolute atomic E-state index is 0.111. The number of halogens is 2. The molecule has 1 aromatic heterocycles. The number of alkyl halides is 1. The number of rotatable bonds is 2. The number of hydrogen-bond acceptors (Lipinski definition) is 3. The first-order valence-corrected chi connectivity index (χ1v) is 5.48. The fourth-order valence-corrected chi connectivity index (χ4v) is 1.77. The Hall–Kier alpha value is -1.69. The third kappa shape index (κ3) is 2.36. The van der Waals surface area contributed by atoms with Crippen LogP contribution in [0.15, 0.2) is 12.1 Å². The molecule has 1 aromatic rings. The van der Waals surface area contributed by atoms with Crippen molar-refractivity contribution < 1.29 is 14.0 Å². The van der Waals surface area contributed by atoms with Crippen LogP contribution < -0.4 is 10.2 Å². The molecule has 0 bridgehead atoms. The van der Waals surface area contributed by atoms with E-state index in [4.69, 9.17) is 11.6 Å². The molecule has 1 aliphatic rings. The number of pyridine rings is 1. The summed E-state index contributed by atoms with van der Waals surface area (Å²) in [6, 6.07) is 2.04.